The molecule has 0 spiro atoms. The van der Waals surface area contributed by atoms with Crippen molar-refractivity contribution in [2.45, 2.75) is 43.6 Å². The molecule has 0 aliphatic heterocycles. The van der Waals surface area contributed by atoms with Gasteiger partial charge in [-0.15, -0.1) is 11.8 Å². The van der Waals surface area contributed by atoms with Gasteiger partial charge in [0.1, 0.15) is 0 Å². The van der Waals surface area contributed by atoms with Gasteiger partial charge in [0.2, 0.25) is 0 Å². The zero-order chi connectivity index (χ0) is 27.8. The normalized spacial score (nSPS) is 14.7. The molecule has 200 valence electrons. The van der Waals surface area contributed by atoms with Crippen LogP contribution in [0.1, 0.15) is 49.9 Å². The molecule has 1 fully saturated rings. The average molecular weight is 546 g/mol. The largest absolute Gasteiger partial charge is 0.481 e. The second kappa shape index (κ2) is 10.5. The maximum Gasteiger partial charge on any atom is 0.303 e. The minimum atomic E-state index is -1.07. The third-order valence-corrected chi connectivity index (χ3v) is 8.50. The molecule has 0 atom stereocenters. The van der Waals surface area contributed by atoms with Gasteiger partial charge in [0.25, 0.3) is 0 Å². The summed E-state index contributed by atoms with van der Waals surface area (Å²) in [5.74, 6) is -1.87. The van der Waals surface area contributed by atoms with Crippen LogP contribution in [-0.2, 0) is 10.4 Å². The summed E-state index contributed by atoms with van der Waals surface area (Å²) in [6.07, 6.45) is 5.77. The maximum atomic E-state index is 13.6. The molecular formula is C32H29F2NO3S. The molecule has 1 saturated carbocycles. The molecular weight excluding hydrogens is 516 g/mol. The molecule has 0 saturated heterocycles. The molecule has 0 bridgehead atoms. The van der Waals surface area contributed by atoms with E-state index in [1.54, 1.807) is 37.7 Å². The van der Waals surface area contributed by atoms with Gasteiger partial charge in [-0.05, 0) is 90.8 Å². The van der Waals surface area contributed by atoms with Crippen molar-refractivity contribution in [1.29, 1.82) is 0 Å². The molecule has 4 aromatic rings. The molecule has 39 heavy (non-hydrogen) atoms. The van der Waals surface area contributed by atoms with Crippen molar-refractivity contribution in [3.8, 4) is 11.1 Å². The molecule has 0 amide bonds. The molecule has 5 rings (SSSR count). The number of benzene rings is 3. The van der Waals surface area contributed by atoms with Crippen molar-refractivity contribution in [2.24, 2.45) is 5.41 Å². The van der Waals surface area contributed by atoms with Crippen LogP contribution >= 0.6 is 11.8 Å². The number of fused-ring (bicyclic) bond motifs is 1. The SMILES string of the molecule is CC(C)(O)c1cc(-c2cccc(C=Cc3ccc4cc(F)c(F)cc4n3)c2)ccc1SCC1(CC(=O)O)CC1. The molecule has 4 nitrogen and oxygen atoms in total. The predicted molar refractivity (Wildman–Crippen MR) is 152 cm³/mol. The van der Waals surface area contributed by atoms with Crippen molar-refractivity contribution >= 4 is 40.8 Å². The first-order chi connectivity index (χ1) is 18.5. The van der Waals surface area contributed by atoms with E-state index >= 15 is 0 Å². The van der Waals surface area contributed by atoms with E-state index in [4.69, 9.17) is 0 Å². The van der Waals surface area contributed by atoms with Crippen LogP contribution in [0, 0.1) is 17.0 Å². The number of thioether (sulfide) groups is 1. The van der Waals surface area contributed by atoms with Gasteiger partial charge in [0, 0.05) is 22.1 Å². The van der Waals surface area contributed by atoms with Crippen LogP contribution in [0.4, 0.5) is 8.78 Å². The number of aliphatic hydroxyl groups is 1. The zero-order valence-corrected chi connectivity index (χ0v) is 22.6. The molecule has 2 N–H and O–H groups in total. The summed E-state index contributed by atoms with van der Waals surface area (Å²) in [4.78, 5) is 16.6. The Hall–Kier alpha value is -3.55. The van der Waals surface area contributed by atoms with Gasteiger partial charge in [-0.3, -0.25) is 4.79 Å². The van der Waals surface area contributed by atoms with E-state index in [1.165, 1.54) is 0 Å². The summed E-state index contributed by atoms with van der Waals surface area (Å²) in [6, 6.07) is 19.7. The van der Waals surface area contributed by atoms with E-state index in [9.17, 15) is 23.8 Å². The predicted octanol–water partition coefficient (Wildman–Crippen LogP) is 7.92. The first kappa shape index (κ1) is 27.0. The Labute approximate surface area is 230 Å². The van der Waals surface area contributed by atoms with Crippen molar-refractivity contribution in [3.63, 3.8) is 0 Å². The van der Waals surface area contributed by atoms with Gasteiger partial charge in [0.15, 0.2) is 11.6 Å². The van der Waals surface area contributed by atoms with Crippen LogP contribution in [0.25, 0.3) is 34.2 Å². The average Bonchev–Trinajstić information content (AvgIpc) is 3.65. The van der Waals surface area contributed by atoms with Crippen LogP contribution in [0.15, 0.2) is 71.6 Å². The van der Waals surface area contributed by atoms with Gasteiger partial charge < -0.3 is 10.2 Å². The van der Waals surface area contributed by atoms with Crippen LogP contribution in [0.2, 0.25) is 0 Å². The van der Waals surface area contributed by atoms with Crippen molar-refractivity contribution in [3.05, 3.63) is 95.2 Å². The summed E-state index contributed by atoms with van der Waals surface area (Å²) in [7, 11) is 0. The lowest BCUT2D eigenvalue weighted by molar-refractivity contribution is -0.138. The van der Waals surface area contributed by atoms with E-state index in [0.717, 1.165) is 52.1 Å². The number of rotatable bonds is 9. The molecule has 1 aromatic heterocycles. The number of pyridine rings is 1. The fourth-order valence-electron chi connectivity index (χ4n) is 4.64. The highest BCUT2D eigenvalue weighted by Gasteiger charge is 2.44. The van der Waals surface area contributed by atoms with Gasteiger partial charge in [-0.2, -0.15) is 0 Å². The molecule has 1 aliphatic carbocycles. The number of carbonyl (C=O) groups is 1. The van der Waals surface area contributed by atoms with Crippen molar-refractivity contribution in [2.75, 3.05) is 5.75 Å². The summed E-state index contributed by atoms with van der Waals surface area (Å²) >= 11 is 1.61. The second-order valence-corrected chi connectivity index (χ2v) is 11.8. The monoisotopic (exact) mass is 545 g/mol. The number of hydrogen-bond donors (Lipinski definition) is 2. The van der Waals surface area contributed by atoms with Gasteiger partial charge in [-0.1, -0.05) is 36.4 Å². The number of halogens is 2. The lowest BCUT2D eigenvalue weighted by Crippen LogP contribution is -2.17. The Kier molecular flexibility index (Phi) is 7.31. The zero-order valence-electron chi connectivity index (χ0n) is 21.7. The highest BCUT2D eigenvalue weighted by Crippen LogP contribution is 2.52. The van der Waals surface area contributed by atoms with Crippen LogP contribution < -0.4 is 0 Å². The Balaban J connectivity index is 1.38. The summed E-state index contributed by atoms with van der Waals surface area (Å²) in [5.41, 5.74) is 3.49. The Morgan fingerprint density at radius 3 is 2.46 bits per heavy atom. The Morgan fingerprint density at radius 2 is 1.74 bits per heavy atom. The quantitative estimate of drug-likeness (QED) is 0.209. The number of aliphatic carboxylic acids is 1. The third-order valence-electron chi connectivity index (χ3n) is 7.08. The molecule has 0 unspecified atom stereocenters. The van der Waals surface area contributed by atoms with Crippen molar-refractivity contribution in [1.82, 2.24) is 4.98 Å². The van der Waals surface area contributed by atoms with Crippen LogP contribution in [0.5, 0.6) is 0 Å². The van der Waals surface area contributed by atoms with Gasteiger partial charge >= 0.3 is 5.97 Å². The smallest absolute Gasteiger partial charge is 0.303 e. The van der Waals surface area contributed by atoms with E-state index < -0.39 is 23.2 Å². The third kappa shape index (κ3) is 6.37. The Morgan fingerprint density at radius 1 is 1.00 bits per heavy atom. The first-order valence-electron chi connectivity index (χ1n) is 12.8. The second-order valence-electron chi connectivity index (χ2n) is 10.8. The number of hydrogen-bond acceptors (Lipinski definition) is 4. The minimum absolute atomic E-state index is 0.142. The molecule has 1 heterocycles. The maximum absolute atomic E-state index is 13.6. The minimum Gasteiger partial charge on any atom is -0.481 e. The fraction of sp³-hybridized carbons (Fsp3) is 0.250. The lowest BCUT2D eigenvalue weighted by Gasteiger charge is -2.23. The van der Waals surface area contributed by atoms with Gasteiger partial charge in [0.05, 0.1) is 23.2 Å². The molecule has 0 radical (unpaired) electrons. The summed E-state index contributed by atoms with van der Waals surface area (Å²) in [6.45, 7) is 3.52. The van der Waals surface area contributed by atoms with E-state index in [-0.39, 0.29) is 11.8 Å². The Bertz CT molecular complexity index is 1590. The standard InChI is InChI=1S/C32H29F2NO3S/c1-31(2,38)25-15-22(8-11-29(25)39-19-32(12-13-32)18-30(36)37)21-5-3-4-20(14-21)6-9-24-10-7-23-16-26(33)27(34)17-28(23)35-24/h3-11,14-17,38H,12-13,18-19H2,1-2H3,(H,36,37). The number of aromatic nitrogens is 1. The number of carboxylic acids is 1. The van der Waals surface area contributed by atoms with E-state index in [2.05, 4.69) is 4.98 Å². The highest BCUT2D eigenvalue weighted by molar-refractivity contribution is 7.99. The topological polar surface area (TPSA) is 70.4 Å². The molecule has 7 heteroatoms. The molecule has 1 aliphatic rings. The summed E-state index contributed by atoms with van der Waals surface area (Å²) in [5, 5.41) is 20.7. The van der Waals surface area contributed by atoms with Gasteiger partial charge in [-0.25, -0.2) is 13.8 Å². The molecule has 3 aromatic carbocycles. The number of nitrogens with zero attached hydrogens (tertiary/aromatic N) is 1. The van der Waals surface area contributed by atoms with Crippen LogP contribution in [0.3, 0.4) is 0 Å². The van der Waals surface area contributed by atoms with Crippen molar-refractivity contribution < 1.29 is 23.8 Å². The highest BCUT2D eigenvalue weighted by atomic mass is 32.2. The van der Waals surface area contributed by atoms with E-state index in [1.807, 2.05) is 54.6 Å². The number of carboxylic acid groups (broad SMARTS) is 1. The fourth-order valence-corrected chi connectivity index (χ4v) is 6.12. The summed E-state index contributed by atoms with van der Waals surface area (Å²) < 4.78 is 27.1. The first-order valence-corrected chi connectivity index (χ1v) is 13.8. The van der Waals surface area contributed by atoms with Crippen LogP contribution in [-0.4, -0.2) is 26.9 Å². The lowest BCUT2D eigenvalue weighted by atomic mass is 9.93. The van der Waals surface area contributed by atoms with E-state index in [0.29, 0.717) is 22.3 Å².